The third-order valence-electron chi connectivity index (χ3n) is 5.58. The van der Waals surface area contributed by atoms with Crippen LogP contribution in [0.4, 0.5) is 5.82 Å². The predicted octanol–water partition coefficient (Wildman–Crippen LogP) is 4.86. The Morgan fingerprint density at radius 2 is 1.71 bits per heavy atom. The largest absolute Gasteiger partial charge is 0.373 e. The topological polar surface area (TPSA) is 37.8 Å². The van der Waals surface area contributed by atoms with Crippen molar-refractivity contribution in [2.75, 3.05) is 12.4 Å². The van der Waals surface area contributed by atoms with Gasteiger partial charge in [0, 0.05) is 30.6 Å². The second kappa shape index (κ2) is 6.76. The van der Waals surface area contributed by atoms with Crippen LogP contribution in [0.1, 0.15) is 88.1 Å². The Labute approximate surface area is 129 Å². The summed E-state index contributed by atoms with van der Waals surface area (Å²) >= 11 is 0. The van der Waals surface area contributed by atoms with E-state index in [1.165, 1.54) is 63.5 Å². The molecule has 1 heterocycles. The highest BCUT2D eigenvalue weighted by Gasteiger charge is 2.26. The van der Waals surface area contributed by atoms with Crippen LogP contribution in [0.2, 0.25) is 0 Å². The van der Waals surface area contributed by atoms with E-state index in [4.69, 9.17) is 9.97 Å². The van der Waals surface area contributed by atoms with Gasteiger partial charge in [0.1, 0.15) is 11.6 Å². The summed E-state index contributed by atoms with van der Waals surface area (Å²) in [4.78, 5) is 9.76. The van der Waals surface area contributed by atoms with E-state index in [0.717, 1.165) is 17.6 Å². The fraction of sp³-hybridized carbons (Fsp3) is 0.778. The van der Waals surface area contributed by atoms with Crippen LogP contribution in [0.5, 0.6) is 0 Å². The lowest BCUT2D eigenvalue weighted by molar-refractivity contribution is 0.311. The summed E-state index contributed by atoms with van der Waals surface area (Å²) in [5.41, 5.74) is 1.29. The maximum absolute atomic E-state index is 4.99. The zero-order chi connectivity index (χ0) is 14.7. The normalized spacial score (nSPS) is 27.0. The highest BCUT2D eigenvalue weighted by molar-refractivity contribution is 5.37. The second-order valence-electron chi connectivity index (χ2n) is 6.89. The highest BCUT2D eigenvalue weighted by atomic mass is 15.0. The van der Waals surface area contributed by atoms with Gasteiger partial charge in [0.25, 0.3) is 0 Å². The molecule has 2 saturated carbocycles. The molecule has 0 radical (unpaired) electrons. The number of hydrogen-bond donors (Lipinski definition) is 1. The molecule has 0 aromatic carbocycles. The Hall–Kier alpha value is -1.12. The predicted molar refractivity (Wildman–Crippen MR) is 87.8 cm³/mol. The molecule has 2 fully saturated rings. The molecular weight excluding hydrogens is 258 g/mol. The average molecular weight is 287 g/mol. The summed E-state index contributed by atoms with van der Waals surface area (Å²) in [5.74, 6) is 4.31. The SMILES string of the molecule is CCC1CCC(c2nc(NC)cc(C3CCCC3)n2)CC1. The van der Waals surface area contributed by atoms with Crippen LogP contribution < -0.4 is 5.32 Å². The van der Waals surface area contributed by atoms with Crippen LogP contribution in [-0.4, -0.2) is 17.0 Å². The number of rotatable bonds is 4. The van der Waals surface area contributed by atoms with Gasteiger partial charge in [-0.25, -0.2) is 9.97 Å². The Bertz CT molecular complexity index is 458. The Kier molecular flexibility index (Phi) is 4.77. The maximum Gasteiger partial charge on any atom is 0.134 e. The molecule has 3 rings (SSSR count). The summed E-state index contributed by atoms with van der Waals surface area (Å²) in [6.07, 6.45) is 11.9. The lowest BCUT2D eigenvalue weighted by Gasteiger charge is -2.27. The number of nitrogens with zero attached hydrogens (tertiary/aromatic N) is 2. The van der Waals surface area contributed by atoms with Crippen LogP contribution in [0.3, 0.4) is 0 Å². The first-order chi connectivity index (χ1) is 10.3. The van der Waals surface area contributed by atoms with Crippen LogP contribution in [0, 0.1) is 5.92 Å². The van der Waals surface area contributed by atoms with Crippen molar-refractivity contribution in [3.05, 3.63) is 17.6 Å². The van der Waals surface area contributed by atoms with Crippen molar-refractivity contribution in [3.63, 3.8) is 0 Å². The van der Waals surface area contributed by atoms with Crippen molar-refractivity contribution in [2.45, 2.75) is 76.5 Å². The highest BCUT2D eigenvalue weighted by Crippen LogP contribution is 2.38. The van der Waals surface area contributed by atoms with Crippen LogP contribution in [0.15, 0.2) is 6.07 Å². The minimum atomic E-state index is 0.584. The zero-order valence-electron chi connectivity index (χ0n) is 13.6. The first-order valence-corrected chi connectivity index (χ1v) is 8.86. The first-order valence-electron chi connectivity index (χ1n) is 8.86. The second-order valence-corrected chi connectivity index (χ2v) is 6.89. The lowest BCUT2D eigenvalue weighted by atomic mass is 9.80. The number of anilines is 1. The van der Waals surface area contributed by atoms with E-state index in [1.54, 1.807) is 0 Å². The van der Waals surface area contributed by atoms with E-state index in [1.807, 2.05) is 7.05 Å². The smallest absolute Gasteiger partial charge is 0.134 e. The third-order valence-corrected chi connectivity index (χ3v) is 5.58. The molecular formula is C18H29N3. The Balaban J connectivity index is 1.79. The minimum Gasteiger partial charge on any atom is -0.373 e. The summed E-state index contributed by atoms with van der Waals surface area (Å²) in [5, 5.41) is 3.24. The van der Waals surface area contributed by atoms with Gasteiger partial charge in [-0.15, -0.1) is 0 Å². The van der Waals surface area contributed by atoms with E-state index in [9.17, 15) is 0 Å². The van der Waals surface area contributed by atoms with Gasteiger partial charge in [0.05, 0.1) is 0 Å². The molecule has 0 unspecified atom stereocenters. The van der Waals surface area contributed by atoms with E-state index in [2.05, 4.69) is 18.3 Å². The minimum absolute atomic E-state index is 0.584. The molecule has 0 spiro atoms. The van der Waals surface area contributed by atoms with Crippen molar-refractivity contribution in [2.24, 2.45) is 5.92 Å². The molecule has 1 aromatic heterocycles. The van der Waals surface area contributed by atoms with Gasteiger partial charge >= 0.3 is 0 Å². The van der Waals surface area contributed by atoms with Crippen molar-refractivity contribution in [3.8, 4) is 0 Å². The van der Waals surface area contributed by atoms with Crippen LogP contribution in [-0.2, 0) is 0 Å². The fourth-order valence-corrected chi connectivity index (χ4v) is 4.06. The van der Waals surface area contributed by atoms with Crippen molar-refractivity contribution in [1.29, 1.82) is 0 Å². The Morgan fingerprint density at radius 1 is 1.00 bits per heavy atom. The molecule has 116 valence electrons. The number of hydrogen-bond acceptors (Lipinski definition) is 3. The molecule has 0 bridgehead atoms. The standard InChI is InChI=1S/C18H29N3/c1-3-13-8-10-15(11-9-13)18-20-16(12-17(19-2)21-18)14-6-4-5-7-14/h12-15H,3-11H2,1-2H3,(H,19,20,21). The lowest BCUT2D eigenvalue weighted by Crippen LogP contribution is -2.16. The number of aromatic nitrogens is 2. The molecule has 3 heteroatoms. The zero-order valence-corrected chi connectivity index (χ0v) is 13.6. The van der Waals surface area contributed by atoms with Crippen molar-refractivity contribution >= 4 is 5.82 Å². The molecule has 0 saturated heterocycles. The van der Waals surface area contributed by atoms with Crippen molar-refractivity contribution < 1.29 is 0 Å². The summed E-state index contributed by atoms with van der Waals surface area (Å²) in [6.45, 7) is 2.32. The van der Waals surface area contributed by atoms with Gasteiger partial charge in [-0.1, -0.05) is 26.2 Å². The third kappa shape index (κ3) is 3.38. The van der Waals surface area contributed by atoms with E-state index in [-0.39, 0.29) is 0 Å². The molecule has 1 N–H and O–H groups in total. The molecule has 0 aliphatic heterocycles. The summed E-state index contributed by atoms with van der Waals surface area (Å²) < 4.78 is 0. The quantitative estimate of drug-likeness (QED) is 0.859. The van der Waals surface area contributed by atoms with Crippen LogP contribution >= 0.6 is 0 Å². The first kappa shape index (κ1) is 14.8. The van der Waals surface area contributed by atoms with Crippen molar-refractivity contribution in [1.82, 2.24) is 9.97 Å². The van der Waals surface area contributed by atoms with Gasteiger partial charge in [0.15, 0.2) is 0 Å². The molecule has 1 aromatic rings. The van der Waals surface area contributed by atoms with Gasteiger partial charge < -0.3 is 5.32 Å². The molecule has 2 aliphatic carbocycles. The maximum atomic E-state index is 4.99. The summed E-state index contributed by atoms with van der Waals surface area (Å²) in [6, 6.07) is 2.18. The fourth-order valence-electron chi connectivity index (χ4n) is 4.06. The molecule has 0 amide bonds. The van der Waals surface area contributed by atoms with E-state index < -0.39 is 0 Å². The van der Waals surface area contributed by atoms with Gasteiger partial charge in [-0.05, 0) is 44.4 Å². The van der Waals surface area contributed by atoms with Gasteiger partial charge in [0.2, 0.25) is 0 Å². The molecule has 3 nitrogen and oxygen atoms in total. The van der Waals surface area contributed by atoms with Crippen LogP contribution in [0.25, 0.3) is 0 Å². The van der Waals surface area contributed by atoms with Gasteiger partial charge in [-0.3, -0.25) is 0 Å². The number of nitrogens with one attached hydrogen (secondary N) is 1. The molecule has 0 atom stereocenters. The average Bonchev–Trinajstić information content (AvgIpc) is 3.09. The Morgan fingerprint density at radius 3 is 2.33 bits per heavy atom. The summed E-state index contributed by atoms with van der Waals surface area (Å²) in [7, 11) is 1.97. The molecule has 2 aliphatic rings. The monoisotopic (exact) mass is 287 g/mol. The van der Waals surface area contributed by atoms with E-state index in [0.29, 0.717) is 11.8 Å². The molecule has 21 heavy (non-hydrogen) atoms. The van der Waals surface area contributed by atoms with Gasteiger partial charge in [-0.2, -0.15) is 0 Å². The van der Waals surface area contributed by atoms with E-state index >= 15 is 0 Å².